The number of carboxylic acids is 1. The van der Waals surface area contributed by atoms with Crippen molar-refractivity contribution in [1.29, 1.82) is 0 Å². The summed E-state index contributed by atoms with van der Waals surface area (Å²) in [4.78, 5) is 21.6. The quantitative estimate of drug-likeness (QED) is 0.513. The average molecular weight is 368 g/mol. The predicted molar refractivity (Wildman–Crippen MR) is 100 cm³/mol. The minimum atomic E-state index is -1.00. The normalized spacial score (nSPS) is 13.2. The maximum absolute atomic E-state index is 10.5. The molecule has 0 fully saturated rings. The second-order valence-electron chi connectivity index (χ2n) is 5.88. The van der Waals surface area contributed by atoms with Crippen LogP contribution in [0.1, 0.15) is 22.4 Å². The first-order valence-electron chi connectivity index (χ1n) is 8.19. The summed E-state index contributed by atoms with van der Waals surface area (Å²) in [6.07, 6.45) is 6.61. The molecule has 8 heteroatoms. The molecule has 0 aliphatic heterocycles. The summed E-state index contributed by atoms with van der Waals surface area (Å²) in [6.45, 7) is -0.357. The highest BCUT2D eigenvalue weighted by Gasteiger charge is 2.20. The number of carbonyl (C=O) groups is 1. The van der Waals surface area contributed by atoms with E-state index in [9.17, 15) is 4.79 Å². The van der Waals surface area contributed by atoms with E-state index in [1.165, 1.54) is 16.9 Å². The van der Waals surface area contributed by atoms with Crippen molar-refractivity contribution in [3.63, 3.8) is 0 Å². The lowest BCUT2D eigenvalue weighted by Gasteiger charge is -2.04. The molecule has 0 spiro atoms. The van der Waals surface area contributed by atoms with Gasteiger partial charge in [-0.1, -0.05) is 0 Å². The maximum atomic E-state index is 10.5. The number of rotatable bonds is 6. The van der Waals surface area contributed by atoms with Gasteiger partial charge in [-0.05, 0) is 54.7 Å². The number of aromatic nitrogens is 2. The summed E-state index contributed by atoms with van der Waals surface area (Å²) in [5.41, 5.74) is 5.23. The van der Waals surface area contributed by atoms with Crippen molar-refractivity contribution in [2.45, 2.75) is 19.3 Å². The van der Waals surface area contributed by atoms with Gasteiger partial charge in [0.1, 0.15) is 16.9 Å². The molecule has 0 unspecified atom stereocenters. The summed E-state index contributed by atoms with van der Waals surface area (Å²) in [6, 6.07) is 7.03. The van der Waals surface area contributed by atoms with E-state index in [0.29, 0.717) is 5.75 Å². The van der Waals surface area contributed by atoms with Gasteiger partial charge in [0, 0.05) is 4.88 Å². The fourth-order valence-electron chi connectivity index (χ4n) is 2.98. The predicted octanol–water partition coefficient (Wildman–Crippen LogP) is 3.09. The number of thiophene rings is 1. The second-order valence-corrected chi connectivity index (χ2v) is 6.96. The molecular weight excluding hydrogens is 352 g/mol. The van der Waals surface area contributed by atoms with Gasteiger partial charge in [0.2, 0.25) is 0 Å². The Morgan fingerprint density at radius 3 is 2.96 bits per heavy atom. The average Bonchev–Trinajstić information content (AvgIpc) is 3.22. The molecule has 4 rings (SSSR count). The molecule has 1 aliphatic carbocycles. The van der Waals surface area contributed by atoms with Crippen molar-refractivity contribution in [2.24, 2.45) is 5.10 Å². The molecule has 0 saturated carbocycles. The van der Waals surface area contributed by atoms with Crippen LogP contribution in [-0.2, 0) is 17.6 Å². The standard InChI is InChI=1S/C18H16N4O3S/c23-15(24)9-25-12-6-4-11(5-7-12)8-21-22-17-16-13-2-1-3-14(13)26-18(16)20-10-19-17/h4-8,10H,1-3,9H2,(H,23,24)(H,19,20,22)/b21-8-. The van der Waals surface area contributed by atoms with Crippen LogP contribution in [0.4, 0.5) is 5.82 Å². The van der Waals surface area contributed by atoms with Crippen LogP contribution in [0.2, 0.25) is 0 Å². The van der Waals surface area contributed by atoms with Gasteiger partial charge >= 0.3 is 5.97 Å². The van der Waals surface area contributed by atoms with Crippen LogP contribution in [0.25, 0.3) is 10.2 Å². The smallest absolute Gasteiger partial charge is 0.341 e. The summed E-state index contributed by atoms with van der Waals surface area (Å²) >= 11 is 1.74. The molecule has 0 amide bonds. The Labute approximate surface area is 153 Å². The molecule has 2 aromatic heterocycles. The highest BCUT2D eigenvalue weighted by atomic mass is 32.1. The largest absolute Gasteiger partial charge is 0.482 e. The summed E-state index contributed by atoms with van der Waals surface area (Å²) in [5, 5.41) is 14.0. The molecule has 0 atom stereocenters. The lowest BCUT2D eigenvalue weighted by atomic mass is 10.2. The number of aryl methyl sites for hydroxylation is 2. The summed E-state index contributed by atoms with van der Waals surface area (Å²) < 4.78 is 5.10. The number of anilines is 1. The third kappa shape index (κ3) is 3.36. The maximum Gasteiger partial charge on any atom is 0.341 e. The van der Waals surface area contributed by atoms with Gasteiger partial charge in [-0.25, -0.2) is 14.8 Å². The van der Waals surface area contributed by atoms with Gasteiger partial charge in [0.05, 0.1) is 11.6 Å². The topological polar surface area (TPSA) is 96.7 Å². The number of nitrogens with one attached hydrogen (secondary N) is 1. The molecule has 3 aromatic rings. The van der Waals surface area contributed by atoms with Gasteiger partial charge in [-0.15, -0.1) is 11.3 Å². The zero-order valence-electron chi connectivity index (χ0n) is 13.8. The number of ether oxygens (including phenoxy) is 1. The zero-order valence-corrected chi connectivity index (χ0v) is 14.6. The Morgan fingerprint density at radius 2 is 2.15 bits per heavy atom. The van der Waals surface area contributed by atoms with E-state index >= 15 is 0 Å². The van der Waals surface area contributed by atoms with E-state index in [1.54, 1.807) is 48.1 Å². The van der Waals surface area contributed by atoms with E-state index in [-0.39, 0.29) is 6.61 Å². The van der Waals surface area contributed by atoms with Crippen LogP contribution < -0.4 is 10.2 Å². The fraction of sp³-hybridized carbons (Fsp3) is 0.222. The lowest BCUT2D eigenvalue weighted by molar-refractivity contribution is -0.139. The lowest BCUT2D eigenvalue weighted by Crippen LogP contribution is -2.09. The molecule has 0 radical (unpaired) electrons. The van der Waals surface area contributed by atoms with E-state index < -0.39 is 5.97 Å². The Bertz CT molecular complexity index is 982. The number of hydrogen-bond acceptors (Lipinski definition) is 7. The van der Waals surface area contributed by atoms with Gasteiger partial charge in [-0.3, -0.25) is 5.43 Å². The van der Waals surface area contributed by atoms with Gasteiger partial charge in [0.25, 0.3) is 0 Å². The van der Waals surface area contributed by atoms with Crippen LogP contribution in [-0.4, -0.2) is 33.9 Å². The third-order valence-corrected chi connectivity index (χ3v) is 5.33. The van der Waals surface area contributed by atoms with Crippen LogP contribution in [0, 0.1) is 0 Å². The number of hydrogen-bond donors (Lipinski definition) is 2. The molecule has 26 heavy (non-hydrogen) atoms. The van der Waals surface area contributed by atoms with Gasteiger partial charge in [0.15, 0.2) is 12.4 Å². The van der Waals surface area contributed by atoms with E-state index in [4.69, 9.17) is 9.84 Å². The minimum Gasteiger partial charge on any atom is -0.482 e. The van der Waals surface area contributed by atoms with Crippen molar-refractivity contribution >= 4 is 39.6 Å². The van der Waals surface area contributed by atoms with Crippen molar-refractivity contribution in [3.05, 3.63) is 46.6 Å². The van der Waals surface area contributed by atoms with E-state index in [1.807, 2.05) is 0 Å². The van der Waals surface area contributed by atoms with Crippen LogP contribution >= 0.6 is 11.3 Å². The third-order valence-electron chi connectivity index (χ3n) is 4.13. The van der Waals surface area contributed by atoms with Crippen LogP contribution in [0.15, 0.2) is 35.7 Å². The fourth-order valence-corrected chi connectivity index (χ4v) is 4.21. The van der Waals surface area contributed by atoms with Crippen molar-refractivity contribution < 1.29 is 14.6 Å². The molecule has 7 nitrogen and oxygen atoms in total. The number of aliphatic carboxylic acids is 1. The van der Waals surface area contributed by atoms with Crippen LogP contribution in [0.5, 0.6) is 5.75 Å². The van der Waals surface area contributed by atoms with E-state index in [0.717, 1.165) is 34.4 Å². The number of nitrogens with zero attached hydrogens (tertiary/aromatic N) is 3. The molecule has 1 aliphatic rings. The van der Waals surface area contributed by atoms with Gasteiger partial charge < -0.3 is 9.84 Å². The molecule has 0 bridgehead atoms. The second kappa shape index (κ2) is 7.09. The molecule has 2 heterocycles. The minimum absolute atomic E-state index is 0.357. The number of fused-ring (bicyclic) bond motifs is 3. The van der Waals surface area contributed by atoms with Gasteiger partial charge in [-0.2, -0.15) is 5.10 Å². The Kier molecular flexibility index (Phi) is 4.49. The number of benzene rings is 1. The Morgan fingerprint density at radius 1 is 1.31 bits per heavy atom. The Hall–Kier alpha value is -3.00. The van der Waals surface area contributed by atoms with E-state index in [2.05, 4.69) is 20.5 Å². The van der Waals surface area contributed by atoms with Crippen molar-refractivity contribution in [1.82, 2.24) is 9.97 Å². The first-order chi connectivity index (χ1) is 12.7. The highest BCUT2D eigenvalue weighted by Crippen LogP contribution is 2.38. The highest BCUT2D eigenvalue weighted by molar-refractivity contribution is 7.19. The zero-order chi connectivity index (χ0) is 17.9. The van der Waals surface area contributed by atoms with Crippen LogP contribution in [0.3, 0.4) is 0 Å². The number of hydrazone groups is 1. The monoisotopic (exact) mass is 368 g/mol. The molecule has 2 N–H and O–H groups in total. The van der Waals surface area contributed by atoms with Crippen molar-refractivity contribution in [3.8, 4) is 5.75 Å². The summed E-state index contributed by atoms with van der Waals surface area (Å²) in [5.74, 6) is 0.229. The first kappa shape index (κ1) is 16.5. The molecular formula is C18H16N4O3S. The Balaban J connectivity index is 1.47. The number of carboxylic acid groups (broad SMARTS) is 1. The van der Waals surface area contributed by atoms with Crippen molar-refractivity contribution in [2.75, 3.05) is 12.0 Å². The molecule has 1 aromatic carbocycles. The first-order valence-corrected chi connectivity index (χ1v) is 9.01. The molecule has 132 valence electrons. The molecule has 0 saturated heterocycles. The SMILES string of the molecule is O=C(O)COc1ccc(/C=N\Nc2ncnc3sc4c(c23)CCC4)cc1. The summed E-state index contributed by atoms with van der Waals surface area (Å²) in [7, 11) is 0.